The van der Waals surface area contributed by atoms with Crippen molar-refractivity contribution in [2.24, 2.45) is 7.05 Å². The van der Waals surface area contributed by atoms with Crippen molar-refractivity contribution < 1.29 is 4.79 Å². The number of nitrogens with one attached hydrogen (secondary N) is 1. The summed E-state index contributed by atoms with van der Waals surface area (Å²) >= 11 is 0. The summed E-state index contributed by atoms with van der Waals surface area (Å²) in [7, 11) is 1.87. The average Bonchev–Trinajstić information content (AvgIpc) is 3.24. The predicted octanol–water partition coefficient (Wildman–Crippen LogP) is 1.88. The fraction of sp³-hybridized carbons (Fsp3) is 0.250. The van der Waals surface area contributed by atoms with Crippen molar-refractivity contribution in [1.82, 2.24) is 29.9 Å². The molecule has 0 unspecified atom stereocenters. The van der Waals surface area contributed by atoms with Crippen LogP contribution in [-0.4, -0.2) is 30.5 Å². The van der Waals surface area contributed by atoms with Gasteiger partial charge in [0.25, 0.3) is 5.91 Å². The summed E-state index contributed by atoms with van der Waals surface area (Å²) in [5.74, 6) is -0.149. The molecule has 1 N–H and O–H groups in total. The predicted molar refractivity (Wildman–Crippen MR) is 85.1 cm³/mol. The second kappa shape index (κ2) is 6.43. The van der Waals surface area contributed by atoms with Crippen LogP contribution < -0.4 is 5.32 Å². The molecule has 0 saturated heterocycles. The van der Waals surface area contributed by atoms with E-state index in [2.05, 4.69) is 20.5 Å². The van der Waals surface area contributed by atoms with Crippen molar-refractivity contribution in [2.45, 2.75) is 19.4 Å². The first-order valence-corrected chi connectivity index (χ1v) is 7.43. The van der Waals surface area contributed by atoms with Crippen molar-refractivity contribution in [3.8, 4) is 5.69 Å². The van der Waals surface area contributed by atoms with Gasteiger partial charge in [0.2, 0.25) is 0 Å². The lowest BCUT2D eigenvalue weighted by atomic mass is 10.1. The second-order valence-corrected chi connectivity index (χ2v) is 5.17. The molecule has 0 fully saturated rings. The Morgan fingerprint density at radius 2 is 2.09 bits per heavy atom. The summed E-state index contributed by atoms with van der Waals surface area (Å²) in [6, 6.07) is 9.14. The van der Waals surface area contributed by atoms with Crippen molar-refractivity contribution in [3.05, 3.63) is 60.4 Å². The van der Waals surface area contributed by atoms with E-state index in [0.717, 1.165) is 12.1 Å². The summed E-state index contributed by atoms with van der Waals surface area (Å²) in [5, 5.41) is 11.3. The smallest absolute Gasteiger partial charge is 0.254 e. The molecule has 118 valence electrons. The van der Waals surface area contributed by atoms with Gasteiger partial charge in [-0.1, -0.05) is 19.1 Å². The van der Waals surface area contributed by atoms with Crippen LogP contribution >= 0.6 is 0 Å². The highest BCUT2D eigenvalue weighted by Gasteiger charge is 2.19. The Labute approximate surface area is 134 Å². The van der Waals surface area contributed by atoms with Gasteiger partial charge in [-0.05, 0) is 24.6 Å². The monoisotopic (exact) mass is 310 g/mol. The molecule has 3 rings (SSSR count). The minimum Gasteiger partial charge on any atom is -0.344 e. The van der Waals surface area contributed by atoms with E-state index >= 15 is 0 Å². The molecule has 3 aromatic rings. The van der Waals surface area contributed by atoms with Gasteiger partial charge in [0, 0.05) is 13.2 Å². The van der Waals surface area contributed by atoms with Crippen LogP contribution in [-0.2, 0) is 7.05 Å². The number of carbonyl (C=O) groups is 1. The zero-order valence-electron chi connectivity index (χ0n) is 13.0. The minimum absolute atomic E-state index is 0.0983. The first kappa shape index (κ1) is 15.0. The van der Waals surface area contributed by atoms with Gasteiger partial charge in [-0.3, -0.25) is 9.48 Å². The van der Waals surface area contributed by atoms with Crippen LogP contribution in [0.25, 0.3) is 5.69 Å². The van der Waals surface area contributed by atoms with Crippen LogP contribution in [0.15, 0.2) is 49.2 Å². The summed E-state index contributed by atoms with van der Waals surface area (Å²) in [4.78, 5) is 16.7. The molecule has 7 nitrogen and oxygen atoms in total. The first-order chi connectivity index (χ1) is 11.2. The highest BCUT2D eigenvalue weighted by Crippen LogP contribution is 2.18. The normalized spacial score (nSPS) is 12.1. The third kappa shape index (κ3) is 2.98. The standard InChI is InChI=1S/C16H18N6O/c1-3-13(15-8-9-18-21(15)2)20-16(23)12-6-4-5-7-14(12)22-11-17-10-19-22/h4-11,13H,3H2,1-2H3,(H,20,23)/t13-/m0/s1. The number of amides is 1. The Balaban J connectivity index is 1.88. The Morgan fingerprint density at radius 1 is 1.26 bits per heavy atom. The molecule has 0 aliphatic carbocycles. The highest BCUT2D eigenvalue weighted by molar-refractivity contribution is 5.97. The number of carbonyl (C=O) groups excluding carboxylic acids is 1. The Kier molecular flexibility index (Phi) is 4.18. The van der Waals surface area contributed by atoms with Crippen LogP contribution in [0.5, 0.6) is 0 Å². The topological polar surface area (TPSA) is 77.6 Å². The molecule has 0 radical (unpaired) electrons. The molecule has 2 aromatic heterocycles. The van der Waals surface area contributed by atoms with Crippen molar-refractivity contribution >= 4 is 5.91 Å². The fourth-order valence-corrected chi connectivity index (χ4v) is 2.55. The number of benzene rings is 1. The number of para-hydroxylation sites is 1. The molecule has 0 saturated carbocycles. The Bertz CT molecular complexity index is 793. The first-order valence-electron chi connectivity index (χ1n) is 7.43. The van der Waals surface area contributed by atoms with Gasteiger partial charge in [0.1, 0.15) is 12.7 Å². The summed E-state index contributed by atoms with van der Waals surface area (Å²) in [6.45, 7) is 2.03. The van der Waals surface area contributed by atoms with Gasteiger partial charge < -0.3 is 5.32 Å². The van der Waals surface area contributed by atoms with Crippen molar-refractivity contribution in [2.75, 3.05) is 0 Å². The SMILES string of the molecule is CC[C@H](NC(=O)c1ccccc1-n1cncn1)c1ccnn1C. The Morgan fingerprint density at radius 3 is 2.74 bits per heavy atom. The van der Waals surface area contributed by atoms with Gasteiger partial charge in [0.15, 0.2) is 0 Å². The molecule has 23 heavy (non-hydrogen) atoms. The quantitative estimate of drug-likeness (QED) is 0.780. The molecular weight excluding hydrogens is 292 g/mol. The molecule has 7 heteroatoms. The molecule has 0 bridgehead atoms. The second-order valence-electron chi connectivity index (χ2n) is 5.17. The van der Waals surface area contributed by atoms with Gasteiger partial charge in [-0.15, -0.1) is 0 Å². The number of aromatic nitrogens is 5. The van der Waals surface area contributed by atoms with Gasteiger partial charge in [-0.25, -0.2) is 9.67 Å². The molecule has 0 aliphatic rings. The molecule has 0 aliphatic heterocycles. The largest absolute Gasteiger partial charge is 0.344 e. The number of hydrogen-bond acceptors (Lipinski definition) is 4. The number of hydrogen-bond donors (Lipinski definition) is 1. The molecule has 1 atom stereocenters. The Hall–Kier alpha value is -2.96. The van der Waals surface area contributed by atoms with E-state index in [1.165, 1.54) is 6.33 Å². The third-order valence-corrected chi connectivity index (χ3v) is 3.74. The van der Waals surface area contributed by atoms with E-state index in [-0.39, 0.29) is 11.9 Å². The lowest BCUT2D eigenvalue weighted by Crippen LogP contribution is -2.30. The van der Waals surface area contributed by atoms with E-state index in [1.807, 2.05) is 38.2 Å². The summed E-state index contributed by atoms with van der Waals surface area (Å²) in [5.41, 5.74) is 2.22. The van der Waals surface area contributed by atoms with Gasteiger partial charge >= 0.3 is 0 Å². The van der Waals surface area contributed by atoms with Crippen LogP contribution in [0.2, 0.25) is 0 Å². The zero-order valence-corrected chi connectivity index (χ0v) is 13.0. The maximum absolute atomic E-state index is 12.7. The van der Waals surface area contributed by atoms with E-state index in [9.17, 15) is 4.79 Å². The number of nitrogens with zero attached hydrogens (tertiary/aromatic N) is 5. The van der Waals surface area contributed by atoms with E-state index in [4.69, 9.17) is 0 Å². The highest BCUT2D eigenvalue weighted by atomic mass is 16.1. The van der Waals surface area contributed by atoms with Gasteiger partial charge in [-0.2, -0.15) is 10.2 Å². The summed E-state index contributed by atoms with van der Waals surface area (Å²) < 4.78 is 3.36. The van der Waals surface area contributed by atoms with Crippen LogP contribution in [0, 0.1) is 0 Å². The van der Waals surface area contributed by atoms with Crippen molar-refractivity contribution in [1.29, 1.82) is 0 Å². The molecule has 1 aromatic carbocycles. The van der Waals surface area contributed by atoms with Crippen LogP contribution in [0.3, 0.4) is 0 Å². The van der Waals surface area contributed by atoms with Crippen LogP contribution in [0.4, 0.5) is 0 Å². The zero-order chi connectivity index (χ0) is 16.2. The number of rotatable bonds is 5. The van der Waals surface area contributed by atoms with Gasteiger partial charge in [0.05, 0.1) is 23.0 Å². The molecule has 1 amide bonds. The van der Waals surface area contributed by atoms with E-state index in [0.29, 0.717) is 11.3 Å². The lowest BCUT2D eigenvalue weighted by Gasteiger charge is -2.18. The maximum Gasteiger partial charge on any atom is 0.254 e. The fourth-order valence-electron chi connectivity index (χ4n) is 2.55. The number of aryl methyl sites for hydroxylation is 1. The van der Waals surface area contributed by atoms with Crippen molar-refractivity contribution in [3.63, 3.8) is 0 Å². The molecular formula is C16H18N6O. The minimum atomic E-state index is -0.149. The van der Waals surface area contributed by atoms with Crippen LogP contribution in [0.1, 0.15) is 35.4 Å². The molecule has 0 spiro atoms. The van der Waals surface area contributed by atoms with E-state index in [1.54, 1.807) is 28.0 Å². The maximum atomic E-state index is 12.7. The molecule has 2 heterocycles. The third-order valence-electron chi connectivity index (χ3n) is 3.74. The van der Waals surface area contributed by atoms with E-state index < -0.39 is 0 Å². The lowest BCUT2D eigenvalue weighted by molar-refractivity contribution is 0.0934. The average molecular weight is 310 g/mol. The summed E-state index contributed by atoms with van der Waals surface area (Å²) in [6.07, 6.45) is 5.52.